The third-order valence-electron chi connectivity index (χ3n) is 4.81. The molecule has 0 radical (unpaired) electrons. The third kappa shape index (κ3) is 4.44. The van der Waals surface area contributed by atoms with E-state index < -0.39 is 17.6 Å². The van der Waals surface area contributed by atoms with Crippen LogP contribution in [0.5, 0.6) is 0 Å². The molecular weight excluding hydrogens is 415 g/mol. The number of thiazole rings is 1. The lowest BCUT2D eigenvalue weighted by Gasteiger charge is -2.09. The highest BCUT2D eigenvalue weighted by molar-refractivity contribution is 7.16. The number of nitrogens with one attached hydrogen (secondary N) is 1. The van der Waals surface area contributed by atoms with Crippen LogP contribution >= 0.6 is 11.3 Å². The van der Waals surface area contributed by atoms with E-state index in [-0.39, 0.29) is 16.8 Å². The number of rotatable bonds is 5. The first-order chi connectivity index (χ1) is 14.8. The van der Waals surface area contributed by atoms with Crippen LogP contribution < -0.4 is 11.1 Å². The van der Waals surface area contributed by atoms with E-state index in [1.165, 1.54) is 35.1 Å². The maximum atomic E-state index is 13.6. The number of benzene rings is 2. The van der Waals surface area contributed by atoms with Crippen molar-refractivity contribution in [2.45, 2.75) is 20.3 Å². The summed E-state index contributed by atoms with van der Waals surface area (Å²) in [6.45, 7) is 3.85. The smallest absolute Gasteiger partial charge is 0.267 e. The van der Waals surface area contributed by atoms with Crippen LogP contribution in [0.4, 0.5) is 9.39 Å². The number of hydrogen-bond acceptors (Lipinski definition) is 5. The summed E-state index contributed by atoms with van der Waals surface area (Å²) in [4.78, 5) is 33.3. The van der Waals surface area contributed by atoms with Gasteiger partial charge < -0.3 is 11.1 Å². The van der Waals surface area contributed by atoms with Gasteiger partial charge >= 0.3 is 0 Å². The lowest BCUT2D eigenvalue weighted by atomic mass is 10.1. The first-order valence-corrected chi connectivity index (χ1v) is 10.3. The fourth-order valence-electron chi connectivity index (χ4n) is 3.21. The summed E-state index contributed by atoms with van der Waals surface area (Å²) in [5.41, 5.74) is 8.61. The second kappa shape index (κ2) is 8.23. The minimum Gasteiger partial charge on any atom is -0.364 e. The molecule has 0 unspecified atom stereocenters. The number of hydrogen-bond donors (Lipinski definition) is 2. The number of carbonyl (C=O) groups excluding carboxylic acids is 2. The van der Waals surface area contributed by atoms with Gasteiger partial charge in [-0.25, -0.2) is 14.4 Å². The molecule has 4 rings (SSSR count). The summed E-state index contributed by atoms with van der Waals surface area (Å²) in [6, 6.07) is 13.4. The molecule has 2 amide bonds. The molecule has 2 aromatic carbocycles. The van der Waals surface area contributed by atoms with E-state index in [2.05, 4.69) is 27.4 Å². The van der Waals surface area contributed by atoms with Crippen LogP contribution in [0.25, 0.3) is 10.9 Å². The van der Waals surface area contributed by atoms with Gasteiger partial charge in [0.15, 0.2) is 0 Å². The molecule has 6 nitrogen and oxygen atoms in total. The molecular formula is C23H19FN4O2S. The molecule has 0 aliphatic carbocycles. The molecule has 31 heavy (non-hydrogen) atoms. The first kappa shape index (κ1) is 20.6. The van der Waals surface area contributed by atoms with Gasteiger partial charge in [0, 0.05) is 17.9 Å². The summed E-state index contributed by atoms with van der Waals surface area (Å²) in [5.74, 6) is -1.77. The number of aromatic nitrogens is 2. The van der Waals surface area contributed by atoms with E-state index in [1.54, 1.807) is 0 Å². The Bertz CT molecular complexity index is 1320. The normalized spacial score (nSPS) is 10.9. The number of primary amides is 1. The van der Waals surface area contributed by atoms with Gasteiger partial charge in [-0.3, -0.25) is 9.59 Å². The number of pyridine rings is 1. The van der Waals surface area contributed by atoms with Crippen molar-refractivity contribution in [1.82, 2.24) is 9.97 Å². The predicted octanol–water partition coefficient (Wildman–Crippen LogP) is 4.39. The standard InChI is InChI=1S/C23H19FN4O2S/c1-12-3-5-14(6-4-12)9-20-26-13(2)23(31-20)28-22(30)17-11-19(21(25)29)27-18-10-15(24)7-8-16(17)18/h3-8,10-11H,9H2,1-2H3,(H2,25,29)(H,28,30). The highest BCUT2D eigenvalue weighted by Gasteiger charge is 2.18. The molecule has 0 spiro atoms. The second-order valence-electron chi connectivity index (χ2n) is 7.22. The summed E-state index contributed by atoms with van der Waals surface area (Å²) < 4.78 is 13.6. The van der Waals surface area contributed by atoms with Crippen molar-refractivity contribution >= 4 is 39.1 Å². The van der Waals surface area contributed by atoms with Gasteiger partial charge in [-0.05, 0) is 37.6 Å². The van der Waals surface area contributed by atoms with E-state index in [9.17, 15) is 14.0 Å². The molecule has 4 aromatic rings. The van der Waals surface area contributed by atoms with E-state index >= 15 is 0 Å². The van der Waals surface area contributed by atoms with Crippen LogP contribution in [0.2, 0.25) is 0 Å². The minimum absolute atomic E-state index is 0.107. The highest BCUT2D eigenvalue weighted by Crippen LogP contribution is 2.28. The number of halogens is 1. The fourth-order valence-corrected chi connectivity index (χ4v) is 4.20. The molecule has 156 valence electrons. The Hall–Kier alpha value is -3.65. The maximum Gasteiger partial charge on any atom is 0.267 e. The molecule has 0 bridgehead atoms. The molecule has 2 heterocycles. The molecule has 8 heteroatoms. The van der Waals surface area contributed by atoms with Crippen molar-refractivity contribution in [3.8, 4) is 0 Å². The molecule has 0 saturated heterocycles. The minimum atomic E-state index is -0.797. The van der Waals surface area contributed by atoms with Crippen molar-refractivity contribution < 1.29 is 14.0 Å². The van der Waals surface area contributed by atoms with Gasteiger partial charge in [0.05, 0.1) is 21.8 Å². The van der Waals surface area contributed by atoms with E-state index in [0.29, 0.717) is 22.5 Å². The number of aryl methyl sites for hydroxylation is 2. The lowest BCUT2D eigenvalue weighted by molar-refractivity contribution is 0.0996. The van der Waals surface area contributed by atoms with Gasteiger partial charge in [-0.15, -0.1) is 11.3 Å². The van der Waals surface area contributed by atoms with Crippen LogP contribution in [0, 0.1) is 19.7 Å². The number of carbonyl (C=O) groups is 2. The largest absolute Gasteiger partial charge is 0.364 e. The van der Waals surface area contributed by atoms with Crippen LogP contribution in [-0.2, 0) is 6.42 Å². The van der Waals surface area contributed by atoms with Crippen LogP contribution in [0.3, 0.4) is 0 Å². The summed E-state index contributed by atoms with van der Waals surface area (Å²) in [7, 11) is 0. The van der Waals surface area contributed by atoms with Gasteiger partial charge in [0.2, 0.25) is 0 Å². The van der Waals surface area contributed by atoms with E-state index in [4.69, 9.17) is 5.73 Å². The van der Waals surface area contributed by atoms with Gasteiger partial charge in [-0.1, -0.05) is 29.8 Å². The Morgan fingerprint density at radius 3 is 2.52 bits per heavy atom. The quantitative estimate of drug-likeness (QED) is 0.487. The van der Waals surface area contributed by atoms with Crippen molar-refractivity contribution in [2.24, 2.45) is 5.73 Å². The number of anilines is 1. The first-order valence-electron chi connectivity index (χ1n) is 9.53. The van der Waals surface area contributed by atoms with Crippen molar-refractivity contribution in [2.75, 3.05) is 5.32 Å². The lowest BCUT2D eigenvalue weighted by Crippen LogP contribution is -2.17. The number of nitrogens with zero attached hydrogens (tertiary/aromatic N) is 2. The average Bonchev–Trinajstić information content (AvgIpc) is 3.07. The number of amides is 2. The fraction of sp³-hybridized carbons (Fsp3) is 0.130. The molecule has 0 aliphatic rings. The SMILES string of the molecule is Cc1ccc(Cc2nc(C)c(NC(=O)c3cc(C(N)=O)nc4cc(F)ccc34)s2)cc1. The van der Waals surface area contributed by atoms with E-state index in [1.807, 2.05) is 26.0 Å². The Morgan fingerprint density at radius 2 is 1.81 bits per heavy atom. The molecule has 0 fully saturated rings. The Labute approximate surface area is 182 Å². The molecule has 0 atom stereocenters. The summed E-state index contributed by atoms with van der Waals surface area (Å²) in [6.07, 6.45) is 0.658. The van der Waals surface area contributed by atoms with Crippen molar-refractivity contribution in [3.05, 3.63) is 87.4 Å². The van der Waals surface area contributed by atoms with Crippen LogP contribution in [0.1, 0.15) is 42.7 Å². The Balaban J connectivity index is 1.64. The van der Waals surface area contributed by atoms with Crippen molar-refractivity contribution in [1.29, 1.82) is 0 Å². The summed E-state index contributed by atoms with van der Waals surface area (Å²) in [5, 5.41) is 4.76. The average molecular weight is 434 g/mol. The maximum absolute atomic E-state index is 13.6. The Morgan fingerprint density at radius 1 is 1.06 bits per heavy atom. The van der Waals surface area contributed by atoms with Gasteiger partial charge in [-0.2, -0.15) is 0 Å². The Kier molecular flexibility index (Phi) is 5.48. The zero-order chi connectivity index (χ0) is 22.1. The number of nitrogens with two attached hydrogens (primary N) is 1. The van der Waals surface area contributed by atoms with Crippen molar-refractivity contribution in [3.63, 3.8) is 0 Å². The van der Waals surface area contributed by atoms with Gasteiger partial charge in [0.1, 0.15) is 16.5 Å². The predicted molar refractivity (Wildman–Crippen MR) is 119 cm³/mol. The molecule has 2 aromatic heterocycles. The monoisotopic (exact) mass is 434 g/mol. The molecule has 3 N–H and O–H groups in total. The summed E-state index contributed by atoms with van der Waals surface area (Å²) >= 11 is 1.39. The molecule has 0 saturated carbocycles. The zero-order valence-corrected chi connectivity index (χ0v) is 17.7. The topological polar surface area (TPSA) is 98.0 Å². The third-order valence-corrected chi connectivity index (χ3v) is 5.89. The second-order valence-corrected chi connectivity index (χ2v) is 8.30. The van der Waals surface area contributed by atoms with Crippen LogP contribution in [0.15, 0.2) is 48.5 Å². The van der Waals surface area contributed by atoms with Crippen LogP contribution in [-0.4, -0.2) is 21.8 Å². The molecule has 0 aliphatic heterocycles. The number of fused-ring (bicyclic) bond motifs is 1. The van der Waals surface area contributed by atoms with E-state index in [0.717, 1.165) is 16.6 Å². The highest BCUT2D eigenvalue weighted by atomic mass is 32.1. The van der Waals surface area contributed by atoms with Gasteiger partial charge in [0.25, 0.3) is 11.8 Å². The zero-order valence-electron chi connectivity index (χ0n) is 16.9.